The first kappa shape index (κ1) is 13.0. The monoisotopic (exact) mass is 156 g/mol. The summed E-state index contributed by atoms with van der Waals surface area (Å²) in [4.78, 5) is 9.56. The van der Waals surface area contributed by atoms with Crippen LogP contribution in [0.5, 0.6) is 0 Å². The topological polar surface area (TPSA) is 64.3 Å². The molecule has 0 aliphatic carbocycles. The SMILES string of the molecule is NCCNCCOC=O.[NaH]. The summed E-state index contributed by atoms with van der Waals surface area (Å²) in [6.45, 7) is 2.91. The van der Waals surface area contributed by atoms with Gasteiger partial charge in [0.15, 0.2) is 0 Å². The van der Waals surface area contributed by atoms with Crippen LogP contribution in [-0.4, -0.2) is 62.3 Å². The third-order valence-electron chi connectivity index (χ3n) is 0.786. The van der Waals surface area contributed by atoms with E-state index in [4.69, 9.17) is 5.73 Å². The Labute approximate surface area is 82.8 Å². The summed E-state index contributed by atoms with van der Waals surface area (Å²) >= 11 is 0. The van der Waals surface area contributed by atoms with Crippen LogP contribution in [-0.2, 0) is 9.53 Å². The Morgan fingerprint density at radius 1 is 1.50 bits per heavy atom. The van der Waals surface area contributed by atoms with Crippen molar-refractivity contribution in [2.75, 3.05) is 26.2 Å². The van der Waals surface area contributed by atoms with E-state index in [1.807, 2.05) is 0 Å². The van der Waals surface area contributed by atoms with Crippen LogP contribution in [0, 0.1) is 0 Å². The van der Waals surface area contributed by atoms with Crippen LogP contribution in [0.15, 0.2) is 0 Å². The zero-order chi connectivity index (χ0) is 6.95. The summed E-state index contributed by atoms with van der Waals surface area (Å²) in [7, 11) is 0. The number of rotatable bonds is 6. The number of carbonyl (C=O) groups is 1. The van der Waals surface area contributed by atoms with Gasteiger partial charge in [0.1, 0.15) is 6.61 Å². The molecule has 0 fully saturated rings. The van der Waals surface area contributed by atoms with Crippen molar-refractivity contribution in [1.82, 2.24) is 5.32 Å². The average Bonchev–Trinajstić information content (AvgIpc) is 1.89. The summed E-state index contributed by atoms with van der Waals surface area (Å²) in [6.07, 6.45) is 0. The van der Waals surface area contributed by atoms with Crippen molar-refractivity contribution in [2.24, 2.45) is 5.73 Å². The van der Waals surface area contributed by atoms with Crippen molar-refractivity contribution in [3.8, 4) is 0 Å². The standard InChI is InChI=1S/C5H12N2O2.Na.H/c6-1-2-7-3-4-9-5-8;;/h5,7H,1-4,6H2;;. The minimum atomic E-state index is 0. The van der Waals surface area contributed by atoms with Gasteiger partial charge in [0.05, 0.1) is 0 Å². The van der Waals surface area contributed by atoms with Gasteiger partial charge < -0.3 is 15.8 Å². The molecular weight excluding hydrogens is 143 g/mol. The molecule has 0 aliphatic heterocycles. The number of hydrogen-bond donors (Lipinski definition) is 2. The third kappa shape index (κ3) is 11.2. The molecule has 0 saturated heterocycles. The molecular formula is C5H13N2NaO2. The van der Waals surface area contributed by atoms with E-state index in [-0.39, 0.29) is 29.6 Å². The van der Waals surface area contributed by atoms with E-state index in [1.54, 1.807) is 0 Å². The number of ether oxygens (including phenoxy) is 1. The Morgan fingerprint density at radius 2 is 2.20 bits per heavy atom. The molecule has 0 atom stereocenters. The molecule has 0 aromatic carbocycles. The fourth-order valence-electron chi connectivity index (χ4n) is 0.406. The molecule has 0 saturated carbocycles. The van der Waals surface area contributed by atoms with Crippen LogP contribution in [0.4, 0.5) is 0 Å². The van der Waals surface area contributed by atoms with Gasteiger partial charge in [-0.1, -0.05) is 0 Å². The van der Waals surface area contributed by atoms with E-state index < -0.39 is 0 Å². The van der Waals surface area contributed by atoms with Gasteiger partial charge in [-0.3, -0.25) is 4.79 Å². The Balaban J connectivity index is 0. The van der Waals surface area contributed by atoms with Crippen LogP contribution < -0.4 is 11.1 Å². The van der Waals surface area contributed by atoms with Crippen molar-refractivity contribution in [3.05, 3.63) is 0 Å². The quantitative estimate of drug-likeness (QED) is 0.267. The van der Waals surface area contributed by atoms with Gasteiger partial charge in [-0.15, -0.1) is 0 Å². The molecule has 0 aliphatic rings. The predicted molar refractivity (Wildman–Crippen MR) is 41.1 cm³/mol. The molecule has 0 aromatic rings. The fraction of sp³-hybridized carbons (Fsp3) is 0.800. The molecule has 0 amide bonds. The van der Waals surface area contributed by atoms with Crippen LogP contribution in [0.3, 0.4) is 0 Å². The van der Waals surface area contributed by atoms with Crippen LogP contribution in [0.2, 0.25) is 0 Å². The van der Waals surface area contributed by atoms with E-state index in [1.165, 1.54) is 0 Å². The van der Waals surface area contributed by atoms with E-state index in [0.29, 0.717) is 26.2 Å². The first-order valence-electron chi connectivity index (χ1n) is 2.88. The van der Waals surface area contributed by atoms with E-state index in [9.17, 15) is 4.79 Å². The molecule has 0 unspecified atom stereocenters. The van der Waals surface area contributed by atoms with Gasteiger partial charge in [-0.2, -0.15) is 0 Å². The van der Waals surface area contributed by atoms with Crippen molar-refractivity contribution in [1.29, 1.82) is 0 Å². The molecule has 0 rings (SSSR count). The summed E-state index contributed by atoms with van der Waals surface area (Å²) < 4.78 is 4.40. The third-order valence-corrected chi connectivity index (χ3v) is 0.786. The second kappa shape index (κ2) is 12.1. The van der Waals surface area contributed by atoms with Gasteiger partial charge in [-0.05, 0) is 0 Å². The number of hydrogen-bond acceptors (Lipinski definition) is 4. The number of carbonyl (C=O) groups excluding carboxylic acids is 1. The molecule has 4 nitrogen and oxygen atoms in total. The molecule has 0 heterocycles. The normalized spacial score (nSPS) is 8.10. The molecule has 10 heavy (non-hydrogen) atoms. The maximum atomic E-state index is 9.56. The average molecular weight is 156 g/mol. The van der Waals surface area contributed by atoms with E-state index in [0.717, 1.165) is 6.54 Å². The van der Waals surface area contributed by atoms with Crippen molar-refractivity contribution >= 4 is 36.0 Å². The Morgan fingerprint density at radius 3 is 2.70 bits per heavy atom. The number of nitrogens with one attached hydrogen (secondary N) is 1. The Kier molecular flexibility index (Phi) is 15.8. The zero-order valence-electron chi connectivity index (χ0n) is 5.30. The number of nitrogens with two attached hydrogens (primary N) is 1. The summed E-state index contributed by atoms with van der Waals surface area (Å²) in [5.74, 6) is 0. The molecule has 0 spiro atoms. The molecule has 0 radical (unpaired) electrons. The second-order valence-corrected chi connectivity index (χ2v) is 1.51. The molecule has 3 N–H and O–H groups in total. The first-order valence-corrected chi connectivity index (χ1v) is 2.88. The van der Waals surface area contributed by atoms with Gasteiger partial charge in [-0.25, -0.2) is 0 Å². The Bertz CT molecular complexity index is 72.7. The summed E-state index contributed by atoms with van der Waals surface area (Å²) in [5, 5.41) is 2.96. The van der Waals surface area contributed by atoms with E-state index >= 15 is 0 Å². The van der Waals surface area contributed by atoms with Crippen molar-refractivity contribution < 1.29 is 9.53 Å². The predicted octanol–water partition coefficient (Wildman–Crippen LogP) is -1.94. The van der Waals surface area contributed by atoms with Gasteiger partial charge in [0.25, 0.3) is 6.47 Å². The van der Waals surface area contributed by atoms with Crippen molar-refractivity contribution in [3.63, 3.8) is 0 Å². The van der Waals surface area contributed by atoms with Crippen LogP contribution in [0.1, 0.15) is 0 Å². The fourth-order valence-corrected chi connectivity index (χ4v) is 0.406. The zero-order valence-corrected chi connectivity index (χ0v) is 5.30. The summed E-state index contributed by atoms with van der Waals surface area (Å²) in [6, 6.07) is 0. The van der Waals surface area contributed by atoms with Crippen LogP contribution >= 0.6 is 0 Å². The second-order valence-electron chi connectivity index (χ2n) is 1.51. The molecule has 0 aromatic heterocycles. The minimum absolute atomic E-state index is 0. The molecule has 0 bridgehead atoms. The summed E-state index contributed by atoms with van der Waals surface area (Å²) in [5.41, 5.74) is 5.17. The molecule has 56 valence electrons. The Hall–Kier alpha value is 0.390. The van der Waals surface area contributed by atoms with Gasteiger partial charge >= 0.3 is 29.6 Å². The van der Waals surface area contributed by atoms with Crippen LogP contribution in [0.25, 0.3) is 0 Å². The van der Waals surface area contributed by atoms with Gasteiger partial charge in [0, 0.05) is 19.6 Å². The molecule has 5 heteroatoms. The first-order chi connectivity index (χ1) is 4.41. The maximum absolute atomic E-state index is 9.56. The van der Waals surface area contributed by atoms with Crippen molar-refractivity contribution in [2.45, 2.75) is 0 Å². The van der Waals surface area contributed by atoms with Gasteiger partial charge in [0.2, 0.25) is 0 Å². The van der Waals surface area contributed by atoms with E-state index in [2.05, 4.69) is 10.1 Å².